The summed E-state index contributed by atoms with van der Waals surface area (Å²) in [4.78, 5) is 14.7. The zero-order valence-electron chi connectivity index (χ0n) is 11.0. The molecule has 5 nitrogen and oxygen atoms in total. The Kier molecular flexibility index (Phi) is 4.19. The van der Waals surface area contributed by atoms with Gasteiger partial charge in [0.25, 0.3) is 0 Å². The summed E-state index contributed by atoms with van der Waals surface area (Å²) < 4.78 is 4.67. The third-order valence-corrected chi connectivity index (χ3v) is 3.14. The molecule has 0 aliphatic rings. The highest BCUT2D eigenvalue weighted by molar-refractivity contribution is 5.83. The van der Waals surface area contributed by atoms with E-state index in [0.29, 0.717) is 6.54 Å². The summed E-state index contributed by atoms with van der Waals surface area (Å²) in [5.74, 6) is -0.462. The number of aromatic amines is 1. The van der Waals surface area contributed by atoms with Crippen molar-refractivity contribution in [1.82, 2.24) is 10.3 Å². The van der Waals surface area contributed by atoms with E-state index in [9.17, 15) is 9.90 Å². The van der Waals surface area contributed by atoms with Crippen molar-refractivity contribution >= 4 is 16.9 Å². The van der Waals surface area contributed by atoms with Crippen molar-refractivity contribution in [2.24, 2.45) is 0 Å². The summed E-state index contributed by atoms with van der Waals surface area (Å²) in [5, 5.41) is 13.7. The van der Waals surface area contributed by atoms with Gasteiger partial charge in [-0.3, -0.25) is 10.1 Å². The van der Waals surface area contributed by atoms with Crippen LogP contribution in [0.15, 0.2) is 30.5 Å². The molecule has 0 saturated carbocycles. The molecule has 0 saturated heterocycles. The standard InChI is InChI=1S/C14H18N2O3/c1-9(17)13(14(18)19-2)16-8-10-4-3-5-12-11(10)6-7-15-12/h3-7,9,13,15-17H,8H2,1-2H3/t9-,13-/m1/s1. The second-order valence-corrected chi connectivity index (χ2v) is 4.48. The Labute approximate surface area is 111 Å². The van der Waals surface area contributed by atoms with Crippen LogP contribution in [-0.4, -0.2) is 35.3 Å². The summed E-state index contributed by atoms with van der Waals surface area (Å²) in [6.07, 6.45) is 1.07. The van der Waals surface area contributed by atoms with Crippen molar-refractivity contribution in [3.8, 4) is 0 Å². The van der Waals surface area contributed by atoms with Crippen molar-refractivity contribution in [3.05, 3.63) is 36.0 Å². The van der Waals surface area contributed by atoms with Gasteiger partial charge in [0.05, 0.1) is 13.2 Å². The first kappa shape index (κ1) is 13.6. The van der Waals surface area contributed by atoms with E-state index in [2.05, 4.69) is 15.0 Å². The van der Waals surface area contributed by atoms with E-state index in [-0.39, 0.29) is 0 Å². The van der Waals surface area contributed by atoms with E-state index >= 15 is 0 Å². The third kappa shape index (κ3) is 2.94. The number of esters is 1. The number of nitrogens with one attached hydrogen (secondary N) is 2. The number of fused-ring (bicyclic) bond motifs is 1. The number of rotatable bonds is 5. The number of hydrogen-bond acceptors (Lipinski definition) is 4. The molecule has 2 rings (SSSR count). The lowest BCUT2D eigenvalue weighted by molar-refractivity contribution is -0.145. The number of aliphatic hydroxyl groups is 1. The predicted molar refractivity (Wildman–Crippen MR) is 72.6 cm³/mol. The van der Waals surface area contributed by atoms with Gasteiger partial charge in [0, 0.05) is 23.6 Å². The van der Waals surface area contributed by atoms with Crippen LogP contribution < -0.4 is 5.32 Å². The molecule has 102 valence electrons. The number of H-pyrrole nitrogens is 1. The van der Waals surface area contributed by atoms with Crippen LogP contribution >= 0.6 is 0 Å². The van der Waals surface area contributed by atoms with E-state index in [0.717, 1.165) is 16.5 Å². The number of ether oxygens (including phenoxy) is 1. The number of benzene rings is 1. The largest absolute Gasteiger partial charge is 0.468 e. The Morgan fingerprint density at radius 1 is 1.47 bits per heavy atom. The molecule has 19 heavy (non-hydrogen) atoms. The summed E-state index contributed by atoms with van der Waals surface area (Å²) in [6.45, 7) is 2.05. The van der Waals surface area contributed by atoms with Crippen LogP contribution in [0.1, 0.15) is 12.5 Å². The van der Waals surface area contributed by atoms with Crippen LogP contribution in [0, 0.1) is 0 Å². The van der Waals surface area contributed by atoms with E-state index in [1.807, 2.05) is 30.5 Å². The van der Waals surface area contributed by atoms with Gasteiger partial charge in [0.15, 0.2) is 0 Å². The first-order chi connectivity index (χ1) is 9.13. The summed E-state index contributed by atoms with van der Waals surface area (Å²) in [5.41, 5.74) is 2.11. The van der Waals surface area contributed by atoms with Crippen molar-refractivity contribution in [2.75, 3.05) is 7.11 Å². The van der Waals surface area contributed by atoms with E-state index in [4.69, 9.17) is 0 Å². The maximum Gasteiger partial charge on any atom is 0.325 e. The lowest BCUT2D eigenvalue weighted by Crippen LogP contribution is -2.45. The molecule has 0 aliphatic heterocycles. The molecule has 1 aromatic carbocycles. The molecular weight excluding hydrogens is 244 g/mol. The van der Waals surface area contributed by atoms with Crippen LogP contribution in [0.4, 0.5) is 0 Å². The number of aliphatic hydroxyl groups excluding tert-OH is 1. The number of hydrogen-bond donors (Lipinski definition) is 3. The topological polar surface area (TPSA) is 74.3 Å². The molecule has 0 bridgehead atoms. The predicted octanol–water partition coefficient (Wildman–Crippen LogP) is 1.18. The molecule has 1 heterocycles. The van der Waals surface area contributed by atoms with E-state index in [1.54, 1.807) is 6.92 Å². The maximum absolute atomic E-state index is 11.5. The lowest BCUT2D eigenvalue weighted by Gasteiger charge is -2.19. The van der Waals surface area contributed by atoms with Gasteiger partial charge in [-0.05, 0) is 24.6 Å². The fourth-order valence-corrected chi connectivity index (χ4v) is 2.10. The zero-order valence-corrected chi connectivity index (χ0v) is 11.0. The Hall–Kier alpha value is -1.85. The Balaban J connectivity index is 2.12. The Morgan fingerprint density at radius 2 is 2.26 bits per heavy atom. The highest BCUT2D eigenvalue weighted by atomic mass is 16.5. The van der Waals surface area contributed by atoms with Gasteiger partial charge >= 0.3 is 5.97 Å². The molecule has 0 radical (unpaired) electrons. The summed E-state index contributed by atoms with van der Waals surface area (Å²) in [7, 11) is 1.31. The fourth-order valence-electron chi connectivity index (χ4n) is 2.10. The van der Waals surface area contributed by atoms with Crippen molar-refractivity contribution in [3.63, 3.8) is 0 Å². The molecule has 0 amide bonds. The first-order valence-corrected chi connectivity index (χ1v) is 6.17. The van der Waals surface area contributed by atoms with Gasteiger partial charge in [0.2, 0.25) is 0 Å². The molecule has 1 aromatic heterocycles. The number of carbonyl (C=O) groups excluding carboxylic acids is 1. The van der Waals surface area contributed by atoms with Gasteiger partial charge in [-0.1, -0.05) is 12.1 Å². The minimum Gasteiger partial charge on any atom is -0.468 e. The smallest absolute Gasteiger partial charge is 0.325 e. The van der Waals surface area contributed by atoms with Crippen molar-refractivity contribution < 1.29 is 14.6 Å². The lowest BCUT2D eigenvalue weighted by atomic mass is 10.1. The average Bonchev–Trinajstić information content (AvgIpc) is 2.87. The minimum absolute atomic E-state index is 0.462. The van der Waals surface area contributed by atoms with Crippen molar-refractivity contribution in [1.29, 1.82) is 0 Å². The van der Waals surface area contributed by atoms with Gasteiger partial charge < -0.3 is 14.8 Å². The van der Waals surface area contributed by atoms with Gasteiger partial charge in [-0.2, -0.15) is 0 Å². The van der Waals surface area contributed by atoms with Crippen LogP contribution in [0.5, 0.6) is 0 Å². The minimum atomic E-state index is -0.808. The quantitative estimate of drug-likeness (QED) is 0.707. The molecular formula is C14H18N2O3. The molecule has 5 heteroatoms. The number of carbonyl (C=O) groups is 1. The molecule has 3 N–H and O–H groups in total. The summed E-state index contributed by atoms with van der Waals surface area (Å²) >= 11 is 0. The fraction of sp³-hybridized carbons (Fsp3) is 0.357. The molecule has 0 spiro atoms. The Bertz CT molecular complexity index is 563. The highest BCUT2D eigenvalue weighted by Crippen LogP contribution is 2.17. The van der Waals surface area contributed by atoms with Gasteiger partial charge in [0.1, 0.15) is 6.04 Å². The third-order valence-electron chi connectivity index (χ3n) is 3.14. The van der Waals surface area contributed by atoms with Crippen molar-refractivity contribution in [2.45, 2.75) is 25.6 Å². The van der Waals surface area contributed by atoms with Crippen LogP contribution in [0.3, 0.4) is 0 Å². The van der Waals surface area contributed by atoms with Gasteiger partial charge in [-0.25, -0.2) is 0 Å². The normalized spacial score (nSPS) is 14.3. The Morgan fingerprint density at radius 3 is 2.95 bits per heavy atom. The first-order valence-electron chi connectivity index (χ1n) is 6.17. The molecule has 0 fully saturated rings. The average molecular weight is 262 g/mol. The zero-order chi connectivity index (χ0) is 13.8. The number of aromatic nitrogens is 1. The van der Waals surface area contributed by atoms with Crippen LogP contribution in [-0.2, 0) is 16.1 Å². The van der Waals surface area contributed by atoms with Gasteiger partial charge in [-0.15, -0.1) is 0 Å². The molecule has 2 atom stereocenters. The van der Waals surface area contributed by atoms with E-state index < -0.39 is 18.1 Å². The molecule has 2 aromatic rings. The van der Waals surface area contributed by atoms with Crippen LogP contribution in [0.2, 0.25) is 0 Å². The molecule has 0 aliphatic carbocycles. The SMILES string of the molecule is COC(=O)[C@H](NCc1cccc2[nH]ccc12)[C@@H](C)O. The van der Waals surface area contributed by atoms with E-state index in [1.165, 1.54) is 7.11 Å². The molecule has 0 unspecified atom stereocenters. The second-order valence-electron chi connectivity index (χ2n) is 4.48. The monoisotopic (exact) mass is 262 g/mol. The highest BCUT2D eigenvalue weighted by Gasteiger charge is 2.23. The second kappa shape index (κ2) is 5.86. The number of methoxy groups -OCH3 is 1. The maximum atomic E-state index is 11.5. The summed E-state index contributed by atoms with van der Waals surface area (Å²) in [6, 6.07) is 7.19. The van der Waals surface area contributed by atoms with Crippen LogP contribution in [0.25, 0.3) is 10.9 Å².